The van der Waals surface area contributed by atoms with Gasteiger partial charge in [0.1, 0.15) is 5.82 Å². The summed E-state index contributed by atoms with van der Waals surface area (Å²) in [6.45, 7) is 2.20. The molecule has 0 unspecified atom stereocenters. The molecule has 0 atom stereocenters. The number of hydrogen-bond donors (Lipinski definition) is 1. The second-order valence-corrected chi connectivity index (χ2v) is 3.96. The molecule has 84 valence electrons. The molecule has 3 nitrogen and oxygen atoms in total. The topological polar surface area (TPSA) is 43.8 Å². The molecular weight excluding hydrogens is 229 g/mol. The van der Waals surface area contributed by atoms with E-state index in [0.29, 0.717) is 18.1 Å². The Morgan fingerprint density at radius 2 is 2.25 bits per heavy atom. The highest BCUT2D eigenvalue weighted by Crippen LogP contribution is 2.20. The third-order valence-electron chi connectivity index (χ3n) is 2.45. The van der Waals surface area contributed by atoms with Gasteiger partial charge in [0, 0.05) is 11.3 Å². The van der Waals surface area contributed by atoms with Crippen molar-refractivity contribution in [3.63, 3.8) is 0 Å². The first-order valence-electron chi connectivity index (χ1n) is 4.80. The summed E-state index contributed by atoms with van der Waals surface area (Å²) in [5.74, 6) is -0.0338. The van der Waals surface area contributed by atoms with Crippen LogP contribution in [0.1, 0.15) is 11.3 Å². The average Bonchev–Trinajstić information content (AvgIpc) is 2.56. The first-order valence-corrected chi connectivity index (χ1v) is 5.18. The Morgan fingerprint density at radius 3 is 2.88 bits per heavy atom. The third-order valence-corrected chi connectivity index (χ3v) is 2.74. The van der Waals surface area contributed by atoms with E-state index in [1.807, 2.05) is 6.92 Å². The molecule has 0 aliphatic carbocycles. The average molecular weight is 240 g/mol. The summed E-state index contributed by atoms with van der Waals surface area (Å²) in [6.07, 6.45) is 1.65. The van der Waals surface area contributed by atoms with Crippen molar-refractivity contribution in [1.82, 2.24) is 9.55 Å². The Morgan fingerprint density at radius 1 is 1.50 bits per heavy atom. The highest BCUT2D eigenvalue weighted by molar-refractivity contribution is 6.30. The number of rotatable bonds is 2. The number of nitrogens with two attached hydrogens (primary N) is 1. The van der Waals surface area contributed by atoms with E-state index in [1.165, 1.54) is 6.07 Å². The van der Waals surface area contributed by atoms with E-state index in [4.69, 9.17) is 17.3 Å². The van der Waals surface area contributed by atoms with Crippen LogP contribution in [-0.2, 0) is 6.54 Å². The zero-order valence-corrected chi connectivity index (χ0v) is 9.50. The summed E-state index contributed by atoms with van der Waals surface area (Å²) < 4.78 is 15.4. The van der Waals surface area contributed by atoms with Crippen molar-refractivity contribution in [3.05, 3.63) is 46.5 Å². The first-order chi connectivity index (χ1) is 7.59. The Balaban J connectivity index is 2.38. The minimum atomic E-state index is -0.406. The predicted molar refractivity (Wildman–Crippen MR) is 61.9 cm³/mol. The molecule has 1 aromatic heterocycles. The van der Waals surface area contributed by atoms with Crippen molar-refractivity contribution >= 4 is 17.5 Å². The van der Waals surface area contributed by atoms with E-state index in [0.717, 1.165) is 5.69 Å². The van der Waals surface area contributed by atoms with Crippen LogP contribution in [0.5, 0.6) is 0 Å². The van der Waals surface area contributed by atoms with Gasteiger partial charge in [0.05, 0.1) is 17.8 Å². The zero-order chi connectivity index (χ0) is 11.7. The van der Waals surface area contributed by atoms with E-state index >= 15 is 0 Å². The van der Waals surface area contributed by atoms with Crippen molar-refractivity contribution in [2.45, 2.75) is 13.5 Å². The van der Waals surface area contributed by atoms with Gasteiger partial charge in [-0.1, -0.05) is 23.7 Å². The smallest absolute Gasteiger partial charge is 0.200 e. The van der Waals surface area contributed by atoms with Gasteiger partial charge in [-0.3, -0.25) is 0 Å². The summed E-state index contributed by atoms with van der Waals surface area (Å²) in [5, 5.41) is 0.119. The van der Waals surface area contributed by atoms with Gasteiger partial charge in [-0.15, -0.1) is 0 Å². The Hall–Kier alpha value is -1.55. The van der Waals surface area contributed by atoms with E-state index in [1.54, 1.807) is 22.9 Å². The molecule has 0 aliphatic rings. The summed E-state index contributed by atoms with van der Waals surface area (Å²) in [4.78, 5) is 3.95. The van der Waals surface area contributed by atoms with Gasteiger partial charge in [0.25, 0.3) is 0 Å². The molecule has 0 aliphatic heterocycles. The number of nitrogen functional groups attached to an aromatic ring is 1. The lowest BCUT2D eigenvalue weighted by atomic mass is 10.2. The fraction of sp³-hybridized carbons (Fsp3) is 0.182. The van der Waals surface area contributed by atoms with Gasteiger partial charge >= 0.3 is 0 Å². The number of benzene rings is 1. The molecule has 5 heteroatoms. The minimum Gasteiger partial charge on any atom is -0.369 e. The maximum Gasteiger partial charge on any atom is 0.200 e. The minimum absolute atomic E-state index is 0.119. The van der Waals surface area contributed by atoms with Gasteiger partial charge < -0.3 is 10.3 Å². The second kappa shape index (κ2) is 4.14. The number of hydrogen-bond acceptors (Lipinski definition) is 2. The number of halogens is 2. The fourth-order valence-electron chi connectivity index (χ4n) is 1.53. The lowest BCUT2D eigenvalue weighted by molar-refractivity contribution is 0.599. The van der Waals surface area contributed by atoms with E-state index in [-0.39, 0.29) is 5.02 Å². The van der Waals surface area contributed by atoms with E-state index in [9.17, 15) is 4.39 Å². The standard InChI is InChI=1S/C11H11ClFN3/c1-7-5-15-11(14)16(7)6-8-3-2-4-9(12)10(8)13/h2-5H,6H2,1H3,(H2,14,15). The molecular formula is C11H11ClFN3. The van der Waals surface area contributed by atoms with Crippen molar-refractivity contribution in [2.24, 2.45) is 0 Å². The van der Waals surface area contributed by atoms with Crippen LogP contribution in [0, 0.1) is 12.7 Å². The summed E-state index contributed by atoms with van der Waals surface area (Å²) in [6, 6.07) is 4.91. The highest BCUT2D eigenvalue weighted by Gasteiger charge is 2.09. The van der Waals surface area contributed by atoms with E-state index in [2.05, 4.69) is 4.98 Å². The Bertz CT molecular complexity index is 502. The number of anilines is 1. The van der Waals surface area contributed by atoms with Crippen LogP contribution < -0.4 is 5.73 Å². The molecule has 2 aromatic rings. The lowest BCUT2D eigenvalue weighted by Gasteiger charge is -2.09. The molecule has 0 spiro atoms. The Labute approximate surface area is 97.7 Å². The van der Waals surface area contributed by atoms with Gasteiger partial charge in [-0.05, 0) is 13.0 Å². The fourth-order valence-corrected chi connectivity index (χ4v) is 1.72. The van der Waals surface area contributed by atoms with Crippen LogP contribution in [0.2, 0.25) is 5.02 Å². The van der Waals surface area contributed by atoms with Crippen molar-refractivity contribution in [3.8, 4) is 0 Å². The molecule has 0 saturated carbocycles. The molecule has 0 bridgehead atoms. The first kappa shape index (κ1) is 11.0. The largest absolute Gasteiger partial charge is 0.369 e. The normalized spacial score (nSPS) is 10.7. The van der Waals surface area contributed by atoms with Crippen molar-refractivity contribution in [1.29, 1.82) is 0 Å². The SMILES string of the molecule is Cc1cnc(N)n1Cc1cccc(Cl)c1F. The second-order valence-electron chi connectivity index (χ2n) is 3.56. The van der Waals surface area contributed by atoms with Crippen LogP contribution in [0.3, 0.4) is 0 Å². The van der Waals surface area contributed by atoms with Crippen LogP contribution in [0.25, 0.3) is 0 Å². The molecule has 0 amide bonds. The van der Waals surface area contributed by atoms with Crippen LogP contribution in [-0.4, -0.2) is 9.55 Å². The van der Waals surface area contributed by atoms with Crippen molar-refractivity contribution in [2.75, 3.05) is 5.73 Å². The summed E-state index contributed by atoms with van der Waals surface area (Å²) >= 11 is 5.70. The predicted octanol–water partition coefficient (Wildman–Crippen LogP) is 2.61. The number of nitrogens with zero attached hydrogens (tertiary/aromatic N) is 2. The molecule has 0 fully saturated rings. The molecule has 0 saturated heterocycles. The number of aryl methyl sites for hydroxylation is 1. The Kier molecular flexibility index (Phi) is 2.83. The maximum atomic E-state index is 13.7. The quantitative estimate of drug-likeness (QED) is 0.876. The third kappa shape index (κ3) is 1.88. The molecule has 0 radical (unpaired) electrons. The monoisotopic (exact) mass is 239 g/mol. The van der Waals surface area contributed by atoms with Gasteiger partial charge in [-0.2, -0.15) is 0 Å². The van der Waals surface area contributed by atoms with Crippen molar-refractivity contribution < 1.29 is 4.39 Å². The number of imidazole rings is 1. The molecule has 2 rings (SSSR count). The van der Waals surface area contributed by atoms with Gasteiger partial charge in [0.2, 0.25) is 5.95 Å². The van der Waals surface area contributed by atoms with Crippen LogP contribution in [0.15, 0.2) is 24.4 Å². The number of aromatic nitrogens is 2. The van der Waals surface area contributed by atoms with E-state index < -0.39 is 5.82 Å². The van der Waals surface area contributed by atoms with Crippen LogP contribution in [0.4, 0.5) is 10.3 Å². The zero-order valence-electron chi connectivity index (χ0n) is 8.74. The maximum absolute atomic E-state index is 13.7. The van der Waals surface area contributed by atoms with Gasteiger partial charge in [-0.25, -0.2) is 9.37 Å². The van der Waals surface area contributed by atoms with Gasteiger partial charge in [0.15, 0.2) is 0 Å². The summed E-state index contributed by atoms with van der Waals surface area (Å²) in [5.41, 5.74) is 7.06. The summed E-state index contributed by atoms with van der Waals surface area (Å²) in [7, 11) is 0. The molecule has 1 heterocycles. The molecule has 16 heavy (non-hydrogen) atoms. The van der Waals surface area contributed by atoms with Crippen LogP contribution >= 0.6 is 11.6 Å². The molecule has 1 aromatic carbocycles. The highest BCUT2D eigenvalue weighted by atomic mass is 35.5. The lowest BCUT2D eigenvalue weighted by Crippen LogP contribution is -2.07. The molecule has 2 N–H and O–H groups in total.